The van der Waals surface area contributed by atoms with E-state index in [2.05, 4.69) is 10.1 Å². The minimum Gasteiger partial charge on any atom is -0.389 e. The summed E-state index contributed by atoms with van der Waals surface area (Å²) in [5, 5.41) is 13.1. The van der Waals surface area contributed by atoms with Crippen molar-refractivity contribution in [2.45, 2.75) is 44.1 Å². The summed E-state index contributed by atoms with van der Waals surface area (Å²) in [7, 11) is 0. The van der Waals surface area contributed by atoms with Crippen LogP contribution < -0.4 is 5.69 Å². The van der Waals surface area contributed by atoms with Crippen molar-refractivity contribution in [1.82, 2.24) is 24.2 Å². The molecule has 29 heavy (non-hydrogen) atoms. The molecule has 1 N–H and O–H groups in total. The zero-order chi connectivity index (χ0) is 20.9. The van der Waals surface area contributed by atoms with Gasteiger partial charge < -0.3 is 10.0 Å². The van der Waals surface area contributed by atoms with Crippen LogP contribution in [0.5, 0.6) is 0 Å². The van der Waals surface area contributed by atoms with Gasteiger partial charge in [-0.1, -0.05) is 11.6 Å². The first kappa shape index (κ1) is 19.9. The van der Waals surface area contributed by atoms with Gasteiger partial charge in [-0.2, -0.15) is 18.3 Å². The van der Waals surface area contributed by atoms with Crippen molar-refractivity contribution in [1.29, 1.82) is 0 Å². The zero-order valence-corrected chi connectivity index (χ0v) is 15.8. The average Bonchev–Trinajstić information content (AvgIpc) is 2.95. The van der Waals surface area contributed by atoms with Gasteiger partial charge in [-0.25, -0.2) is 9.48 Å². The molecule has 1 saturated heterocycles. The number of β-amino-alcohol motifs (C(OH)–C–C–N with tert-alkyl or cyclic N) is 1. The molecule has 4 rings (SSSR count). The lowest BCUT2D eigenvalue weighted by molar-refractivity contribution is -0.145. The van der Waals surface area contributed by atoms with Gasteiger partial charge in [-0.05, 0) is 18.9 Å². The first-order valence-corrected chi connectivity index (χ1v) is 9.39. The van der Waals surface area contributed by atoms with Crippen LogP contribution in [0.2, 0.25) is 5.02 Å². The normalized spacial score (nSPS) is 19.8. The number of alkyl halides is 3. The van der Waals surface area contributed by atoms with Crippen molar-refractivity contribution in [3.8, 4) is 0 Å². The Morgan fingerprint density at radius 3 is 2.72 bits per heavy atom. The molecule has 1 atom stereocenters. The maximum absolute atomic E-state index is 13.1. The van der Waals surface area contributed by atoms with Gasteiger partial charge in [-0.15, -0.1) is 0 Å². The van der Waals surface area contributed by atoms with Crippen LogP contribution >= 0.6 is 11.6 Å². The van der Waals surface area contributed by atoms with Crippen LogP contribution in [0.3, 0.4) is 0 Å². The van der Waals surface area contributed by atoms with E-state index in [-0.39, 0.29) is 31.2 Å². The maximum atomic E-state index is 13.1. The molecule has 2 aliphatic heterocycles. The number of pyridine rings is 1. The summed E-state index contributed by atoms with van der Waals surface area (Å²) in [4.78, 5) is 30.9. The minimum absolute atomic E-state index is 0.0204. The molecule has 4 heterocycles. The molecular formula is C17H17ClF3N5O3. The molecule has 1 amide bonds. The number of amides is 1. The van der Waals surface area contributed by atoms with E-state index in [1.165, 1.54) is 9.47 Å². The summed E-state index contributed by atoms with van der Waals surface area (Å²) in [6.45, 7) is 0.174. The Morgan fingerprint density at radius 1 is 1.34 bits per heavy atom. The topological polar surface area (TPSA) is 93.2 Å². The third-order valence-electron chi connectivity index (χ3n) is 5.12. The molecule has 2 aliphatic rings. The lowest BCUT2D eigenvalue weighted by Gasteiger charge is -2.39. The smallest absolute Gasteiger partial charge is 0.389 e. The molecular weight excluding hydrogens is 415 g/mol. The van der Waals surface area contributed by atoms with E-state index in [0.717, 1.165) is 16.9 Å². The fraction of sp³-hybridized carbons (Fsp3) is 0.529. The Hall–Kier alpha value is -2.40. The number of carbonyl (C=O) groups is 1. The molecule has 0 aliphatic carbocycles. The van der Waals surface area contributed by atoms with Gasteiger partial charge in [0.15, 0.2) is 0 Å². The van der Waals surface area contributed by atoms with Gasteiger partial charge in [0.1, 0.15) is 11.9 Å². The molecule has 0 saturated carbocycles. The van der Waals surface area contributed by atoms with Gasteiger partial charge in [-0.3, -0.25) is 14.3 Å². The Balaban J connectivity index is 1.63. The maximum Gasteiger partial charge on any atom is 0.417 e. The van der Waals surface area contributed by atoms with E-state index in [9.17, 15) is 27.9 Å². The molecule has 0 aromatic carbocycles. The van der Waals surface area contributed by atoms with Crippen LogP contribution in [0, 0.1) is 0 Å². The van der Waals surface area contributed by atoms with Crippen LogP contribution in [-0.4, -0.2) is 54.4 Å². The summed E-state index contributed by atoms with van der Waals surface area (Å²) in [5.74, 6) is 0.146. The van der Waals surface area contributed by atoms with Crippen LogP contribution in [-0.2, 0) is 23.9 Å². The second-order valence-corrected chi connectivity index (χ2v) is 7.59. The van der Waals surface area contributed by atoms with Crippen molar-refractivity contribution in [3.63, 3.8) is 0 Å². The molecule has 12 heteroatoms. The Bertz CT molecular complexity index is 1010. The molecule has 1 fully saturated rings. The number of nitrogens with zero attached hydrogens (tertiary/aromatic N) is 5. The van der Waals surface area contributed by atoms with Gasteiger partial charge >= 0.3 is 11.9 Å². The predicted octanol–water partition coefficient (Wildman–Crippen LogP) is 1.24. The number of aliphatic hydroxyl groups is 1. The zero-order valence-electron chi connectivity index (χ0n) is 15.1. The lowest BCUT2D eigenvalue weighted by atomic mass is 10.0. The summed E-state index contributed by atoms with van der Waals surface area (Å²) in [6, 6.07) is 0.0633. The van der Waals surface area contributed by atoms with E-state index in [4.69, 9.17) is 11.6 Å². The molecule has 0 bridgehead atoms. The lowest BCUT2D eigenvalue weighted by Crippen LogP contribution is -2.56. The summed E-state index contributed by atoms with van der Waals surface area (Å²) in [5.41, 5.74) is -1.64. The minimum atomic E-state index is -4.65. The van der Waals surface area contributed by atoms with Gasteiger partial charge in [0, 0.05) is 25.7 Å². The highest BCUT2D eigenvalue weighted by Crippen LogP contribution is 2.34. The first-order chi connectivity index (χ1) is 13.6. The molecule has 2 aromatic rings. The summed E-state index contributed by atoms with van der Waals surface area (Å²) < 4.78 is 41.5. The number of hydrogen-bond acceptors (Lipinski definition) is 5. The Kier molecular flexibility index (Phi) is 4.89. The fourth-order valence-electron chi connectivity index (χ4n) is 3.65. The van der Waals surface area contributed by atoms with Crippen molar-refractivity contribution < 1.29 is 23.1 Å². The Morgan fingerprint density at radius 2 is 2.07 bits per heavy atom. The third kappa shape index (κ3) is 3.64. The predicted molar refractivity (Wildman–Crippen MR) is 94.4 cm³/mol. The standard InChI is InChI=1S/C17H17ClF3N5O3/c18-12-5-22-9(4-11(12)17(19,20)21)6-25-16(29)26-13(2-1-3-14(26)23-25)15(28)24-7-10(27)8-24/h4-5,10,13,27H,1-3,6-8H2/t13-/m0/s1. The van der Waals surface area contributed by atoms with Gasteiger partial charge in [0.05, 0.1) is 28.9 Å². The number of aromatic nitrogens is 4. The fourth-order valence-corrected chi connectivity index (χ4v) is 3.86. The number of rotatable bonds is 3. The van der Waals surface area contributed by atoms with Crippen LogP contribution in [0.25, 0.3) is 0 Å². The van der Waals surface area contributed by atoms with E-state index in [1.807, 2.05) is 0 Å². The number of fused-ring (bicyclic) bond motifs is 1. The van der Waals surface area contributed by atoms with Crippen LogP contribution in [0.1, 0.15) is 36.0 Å². The van der Waals surface area contributed by atoms with Gasteiger partial charge in [0.25, 0.3) is 0 Å². The number of likely N-dealkylation sites (tertiary alicyclic amines) is 1. The molecule has 0 spiro atoms. The number of aryl methyl sites for hydroxylation is 1. The monoisotopic (exact) mass is 431 g/mol. The number of aliphatic hydroxyl groups excluding tert-OH is 1. The molecule has 0 radical (unpaired) electrons. The molecule has 156 valence electrons. The number of halogens is 4. The quantitative estimate of drug-likeness (QED) is 0.789. The molecule has 2 aromatic heterocycles. The number of carbonyl (C=O) groups excluding carboxylic acids is 1. The molecule has 0 unspecified atom stereocenters. The van der Waals surface area contributed by atoms with E-state index < -0.39 is 34.6 Å². The molecule has 8 nitrogen and oxygen atoms in total. The highest BCUT2D eigenvalue weighted by atomic mass is 35.5. The highest BCUT2D eigenvalue weighted by molar-refractivity contribution is 6.31. The van der Waals surface area contributed by atoms with Crippen molar-refractivity contribution in [3.05, 3.63) is 44.9 Å². The number of hydrogen-bond donors (Lipinski definition) is 1. The Labute approximate surface area is 167 Å². The highest BCUT2D eigenvalue weighted by Gasteiger charge is 2.38. The SMILES string of the molecule is O=C([C@@H]1CCCc2nn(Cc3cc(C(F)(F)F)c(Cl)cn3)c(=O)n21)N1CC(O)C1. The van der Waals surface area contributed by atoms with E-state index in [0.29, 0.717) is 25.1 Å². The van der Waals surface area contributed by atoms with Crippen molar-refractivity contribution >= 4 is 17.5 Å². The second kappa shape index (κ2) is 7.13. The van der Waals surface area contributed by atoms with Crippen LogP contribution in [0.4, 0.5) is 13.2 Å². The van der Waals surface area contributed by atoms with E-state index in [1.54, 1.807) is 0 Å². The summed E-state index contributed by atoms with van der Waals surface area (Å²) in [6.07, 6.45) is -2.71. The largest absolute Gasteiger partial charge is 0.417 e. The van der Waals surface area contributed by atoms with Crippen molar-refractivity contribution in [2.75, 3.05) is 13.1 Å². The third-order valence-corrected chi connectivity index (χ3v) is 5.42. The van der Waals surface area contributed by atoms with E-state index >= 15 is 0 Å². The van der Waals surface area contributed by atoms with Gasteiger partial charge in [0.2, 0.25) is 5.91 Å². The van der Waals surface area contributed by atoms with Crippen molar-refractivity contribution in [2.24, 2.45) is 0 Å². The first-order valence-electron chi connectivity index (χ1n) is 9.02. The average molecular weight is 432 g/mol. The second-order valence-electron chi connectivity index (χ2n) is 7.18. The summed E-state index contributed by atoms with van der Waals surface area (Å²) >= 11 is 5.58. The van der Waals surface area contributed by atoms with Crippen LogP contribution in [0.15, 0.2) is 17.1 Å².